The number of aromatic nitrogens is 6. The second-order valence-electron chi connectivity index (χ2n) is 18.2. The number of pyridine rings is 2. The molecule has 0 atom stereocenters. The van der Waals surface area contributed by atoms with Gasteiger partial charge in [0.25, 0.3) is 31.2 Å². The number of hydrogen-bond acceptors (Lipinski definition) is 14. The van der Waals surface area contributed by atoms with E-state index in [0.29, 0.717) is 69.7 Å². The smallest absolute Gasteiger partial charge is 0.263 e. The molecule has 0 spiro atoms. The molecule has 4 N–H and O–H groups in total. The number of ether oxygens (including phenoxy) is 2. The summed E-state index contributed by atoms with van der Waals surface area (Å²) in [7, 11) is -2.59. The van der Waals surface area contributed by atoms with E-state index >= 15 is 0 Å². The average Bonchev–Trinajstić information content (AvgIpc) is 3.39. The minimum Gasteiger partial charge on any atom is -0.480 e. The van der Waals surface area contributed by atoms with Crippen LogP contribution in [0.4, 0.5) is 20.2 Å². The molecular formula is C52H46Cl2F2N10O10S2. The fourth-order valence-corrected chi connectivity index (χ4v) is 12.3. The molecule has 4 heterocycles. The van der Waals surface area contributed by atoms with Crippen molar-refractivity contribution in [2.45, 2.75) is 47.6 Å². The Morgan fingerprint density at radius 3 is 1.29 bits per heavy atom. The molecule has 4 aromatic heterocycles. The largest absolute Gasteiger partial charge is 0.480 e. The highest BCUT2D eigenvalue weighted by molar-refractivity contribution is 7.93. The van der Waals surface area contributed by atoms with Crippen LogP contribution in [0.3, 0.4) is 0 Å². The quantitative estimate of drug-likeness (QED) is 0.0821. The number of nitrogens with one attached hydrogen (secondary N) is 4. The summed E-state index contributed by atoms with van der Waals surface area (Å²) in [6, 6.07) is 18.9. The molecule has 404 valence electrons. The standard InChI is InChI=1S/2C26H23ClFN5O5S/c2*1-29-24(34)15-7-18(8-15)33-13-31-21-5-3-14(9-19(21)26(33)35)16-10-22(25(38-2)30-12-16)32-39(36,37)23-6-4-17(28)11-20(23)27/h2*3-6,9-13,15,18,32H,7-8H2,1-2H3,(H,29,34). The Morgan fingerprint density at radius 2 is 0.949 bits per heavy atom. The number of sulfonamides is 2. The van der Waals surface area contributed by atoms with E-state index in [-0.39, 0.29) is 89.8 Å². The Labute approximate surface area is 453 Å². The molecule has 4 aromatic carbocycles. The number of halogens is 4. The number of anilines is 2. The average molecular weight is 1140 g/mol. The van der Waals surface area contributed by atoms with Crippen LogP contribution in [-0.2, 0) is 29.6 Å². The predicted octanol–water partition coefficient (Wildman–Crippen LogP) is 7.52. The molecule has 2 fully saturated rings. The van der Waals surface area contributed by atoms with Gasteiger partial charge >= 0.3 is 0 Å². The SMILES string of the molecule is CNC(=O)C1CC(n2cnc3ccc(-c4cnc(OC)c(NS(=O)(=O)c5ccc(F)cc5Cl)c4)cc3c2=O)C1.CNC(=O)C1CC(n2cnc3ccc(-c4cnc(OC)c(NS(=O)(=O)c5ccc(F)cc5Cl)c4)cc3c2=O)C1. The van der Waals surface area contributed by atoms with Crippen molar-refractivity contribution < 1.29 is 44.7 Å². The second kappa shape index (κ2) is 22.1. The van der Waals surface area contributed by atoms with Crippen LogP contribution in [0.25, 0.3) is 44.1 Å². The van der Waals surface area contributed by atoms with Crippen molar-refractivity contribution in [1.29, 1.82) is 0 Å². The van der Waals surface area contributed by atoms with E-state index in [1.165, 1.54) is 51.4 Å². The molecule has 10 rings (SSSR count). The topological polar surface area (TPSA) is 265 Å². The van der Waals surface area contributed by atoms with Gasteiger partial charge in [-0.3, -0.25) is 37.8 Å². The van der Waals surface area contributed by atoms with Crippen molar-refractivity contribution in [2.24, 2.45) is 11.8 Å². The first kappa shape index (κ1) is 54.7. The maximum Gasteiger partial charge on any atom is 0.263 e. The number of nitrogens with zero attached hydrogens (tertiary/aromatic N) is 6. The zero-order valence-electron chi connectivity index (χ0n) is 41.6. The molecule has 8 aromatic rings. The highest BCUT2D eigenvalue weighted by Gasteiger charge is 2.37. The first-order valence-electron chi connectivity index (χ1n) is 23.7. The van der Waals surface area contributed by atoms with Gasteiger partial charge in [-0.25, -0.2) is 45.6 Å². The number of carbonyl (C=O) groups is 2. The van der Waals surface area contributed by atoms with Gasteiger partial charge in [-0.15, -0.1) is 0 Å². The zero-order valence-corrected chi connectivity index (χ0v) is 44.8. The maximum atomic E-state index is 13.4. The van der Waals surface area contributed by atoms with Gasteiger partial charge in [0.1, 0.15) is 32.8 Å². The van der Waals surface area contributed by atoms with Crippen molar-refractivity contribution in [3.8, 4) is 34.0 Å². The molecule has 0 radical (unpaired) electrons. The number of fused-ring (bicyclic) bond motifs is 2. The number of carbonyl (C=O) groups excluding carboxylic acids is 2. The minimum atomic E-state index is -4.22. The molecule has 26 heteroatoms. The summed E-state index contributed by atoms with van der Waals surface area (Å²) in [5.74, 6) is -1.70. The predicted molar refractivity (Wildman–Crippen MR) is 288 cm³/mol. The van der Waals surface area contributed by atoms with E-state index in [1.54, 1.807) is 59.6 Å². The van der Waals surface area contributed by atoms with Crippen LogP contribution in [0.2, 0.25) is 10.0 Å². The number of hydrogen-bond donors (Lipinski definition) is 4. The van der Waals surface area contributed by atoms with E-state index < -0.39 is 31.7 Å². The molecular weight excluding hydrogens is 1100 g/mol. The number of benzene rings is 4. The fourth-order valence-electron chi connectivity index (χ4n) is 9.09. The van der Waals surface area contributed by atoms with Crippen LogP contribution in [0.1, 0.15) is 37.8 Å². The maximum absolute atomic E-state index is 13.4. The molecule has 20 nitrogen and oxygen atoms in total. The highest BCUT2D eigenvalue weighted by atomic mass is 35.5. The summed E-state index contributed by atoms with van der Waals surface area (Å²) in [4.78, 5) is 66.9. The van der Waals surface area contributed by atoms with Crippen molar-refractivity contribution in [1.82, 2.24) is 39.7 Å². The Bertz CT molecular complexity index is 3810. The molecule has 2 aliphatic carbocycles. The summed E-state index contributed by atoms with van der Waals surface area (Å²) in [6.45, 7) is 0. The lowest BCUT2D eigenvalue weighted by atomic mass is 9.79. The van der Waals surface area contributed by atoms with Gasteiger partial charge in [-0.05, 0) is 110 Å². The molecule has 0 bridgehead atoms. The van der Waals surface area contributed by atoms with Crippen LogP contribution >= 0.6 is 23.2 Å². The lowest BCUT2D eigenvalue weighted by Gasteiger charge is -2.34. The van der Waals surface area contributed by atoms with Gasteiger partial charge in [0, 0.05) is 61.5 Å². The third-order valence-electron chi connectivity index (χ3n) is 13.4. The first-order chi connectivity index (χ1) is 37.2. The molecule has 2 amide bonds. The Balaban J connectivity index is 0.000000190. The van der Waals surface area contributed by atoms with E-state index in [2.05, 4.69) is 40.0 Å². The number of methoxy groups -OCH3 is 2. The van der Waals surface area contributed by atoms with Crippen molar-refractivity contribution in [3.63, 3.8) is 0 Å². The van der Waals surface area contributed by atoms with Gasteiger partial charge in [-0.2, -0.15) is 0 Å². The Kier molecular flexibility index (Phi) is 15.5. The molecule has 0 unspecified atom stereocenters. The van der Waals surface area contributed by atoms with Crippen LogP contribution in [-0.4, -0.2) is 86.0 Å². The highest BCUT2D eigenvalue weighted by Crippen LogP contribution is 2.39. The lowest BCUT2D eigenvalue weighted by Crippen LogP contribution is -2.41. The summed E-state index contributed by atoms with van der Waals surface area (Å²) in [6.07, 6.45) is 8.17. The van der Waals surface area contributed by atoms with Crippen LogP contribution in [0, 0.1) is 23.5 Å². The number of amides is 2. The third-order valence-corrected chi connectivity index (χ3v) is 17.1. The normalized spacial score (nSPS) is 16.9. The van der Waals surface area contributed by atoms with Crippen LogP contribution < -0.4 is 40.7 Å². The van der Waals surface area contributed by atoms with Crippen LogP contribution in [0.15, 0.2) is 129 Å². The van der Waals surface area contributed by atoms with E-state index in [1.807, 2.05) is 0 Å². The molecule has 78 heavy (non-hydrogen) atoms. The minimum absolute atomic E-state index is 0.000949. The third kappa shape index (κ3) is 11.1. The van der Waals surface area contributed by atoms with Gasteiger partial charge in [0.2, 0.25) is 23.6 Å². The van der Waals surface area contributed by atoms with E-state index in [9.17, 15) is 44.8 Å². The van der Waals surface area contributed by atoms with Gasteiger partial charge < -0.3 is 20.1 Å². The molecule has 0 saturated heterocycles. The van der Waals surface area contributed by atoms with Crippen LogP contribution in [0.5, 0.6) is 11.8 Å². The van der Waals surface area contributed by atoms with Gasteiger partial charge in [0.05, 0.1) is 58.7 Å². The van der Waals surface area contributed by atoms with Gasteiger partial charge in [0.15, 0.2) is 0 Å². The summed E-state index contributed by atoms with van der Waals surface area (Å²) >= 11 is 11.9. The van der Waals surface area contributed by atoms with E-state index in [4.69, 9.17) is 32.7 Å². The zero-order chi connectivity index (χ0) is 55.8. The summed E-state index contributed by atoms with van der Waals surface area (Å²) in [5.41, 5.74) is 2.73. The Hall–Kier alpha value is -8.06. The van der Waals surface area contributed by atoms with Gasteiger partial charge in [-0.1, -0.05) is 35.3 Å². The van der Waals surface area contributed by atoms with E-state index in [0.717, 1.165) is 36.4 Å². The number of rotatable bonds is 14. The molecule has 0 aliphatic heterocycles. The lowest BCUT2D eigenvalue weighted by molar-refractivity contribution is -0.129. The monoisotopic (exact) mass is 1140 g/mol. The van der Waals surface area contributed by atoms with Crippen molar-refractivity contribution in [3.05, 3.63) is 152 Å². The molecule has 2 aliphatic rings. The molecule has 2 saturated carbocycles. The Morgan fingerprint density at radius 1 is 0.564 bits per heavy atom. The van der Waals surface area contributed by atoms with Crippen molar-refractivity contribution >= 4 is 88.2 Å². The summed E-state index contributed by atoms with van der Waals surface area (Å²) < 4.78 is 97.3. The fraction of sp³-hybridized carbons (Fsp3) is 0.231. The second-order valence-corrected chi connectivity index (χ2v) is 22.3. The first-order valence-corrected chi connectivity index (χ1v) is 27.4. The summed E-state index contributed by atoms with van der Waals surface area (Å²) in [5, 5.41) is 5.44. The van der Waals surface area contributed by atoms with Crippen molar-refractivity contribution in [2.75, 3.05) is 37.8 Å².